The van der Waals surface area contributed by atoms with Crippen molar-refractivity contribution in [2.24, 2.45) is 0 Å². The Morgan fingerprint density at radius 2 is 0.700 bits per heavy atom. The molecule has 4 aromatic rings. The van der Waals surface area contributed by atoms with Crippen molar-refractivity contribution in [2.75, 3.05) is 0 Å². The Kier molecular flexibility index (Phi) is 7.13. The van der Waals surface area contributed by atoms with Gasteiger partial charge in [0.25, 0.3) is 0 Å². The van der Waals surface area contributed by atoms with Gasteiger partial charge in [0.15, 0.2) is 0 Å². The highest BCUT2D eigenvalue weighted by atomic mass is 32.2. The molecule has 0 aromatic carbocycles. The highest BCUT2D eigenvalue weighted by molar-refractivity contribution is 7.89. The lowest BCUT2D eigenvalue weighted by Crippen LogP contribution is -2.15. The highest BCUT2D eigenvalue weighted by Crippen LogP contribution is 2.25. The second-order valence-electron chi connectivity index (χ2n) is 7.21. The molecule has 0 aliphatic heterocycles. The maximum absolute atomic E-state index is 11.6. The number of hydrogen-bond donors (Lipinski definition) is 4. The predicted molar refractivity (Wildman–Crippen MR) is 124 cm³/mol. The van der Waals surface area contributed by atoms with Crippen molar-refractivity contribution < 1.29 is 51.9 Å². The van der Waals surface area contributed by atoms with Gasteiger partial charge in [0.05, 0.1) is 11.4 Å². The molecule has 0 saturated heterocycles. The molecule has 40 heavy (non-hydrogen) atoms. The van der Waals surface area contributed by atoms with E-state index < -0.39 is 72.2 Å². The molecule has 4 aromatic heterocycles. The van der Waals surface area contributed by atoms with Gasteiger partial charge in [0, 0.05) is 0 Å². The topological polar surface area (TPSA) is 321 Å². The maximum Gasteiger partial charge on any atom is 0.317 e. The van der Waals surface area contributed by atoms with Gasteiger partial charge in [-0.15, -0.1) is 20.4 Å². The van der Waals surface area contributed by atoms with Crippen LogP contribution in [0.15, 0.2) is 56.5 Å². The molecule has 0 fully saturated rings. The Hall–Kier alpha value is -4.04. The molecule has 0 spiro atoms. The Labute approximate surface area is 223 Å². The summed E-state index contributed by atoms with van der Waals surface area (Å²) in [5, 5.41) is 6.95. The second kappa shape index (κ2) is 9.86. The van der Waals surface area contributed by atoms with Gasteiger partial charge in [-0.25, -0.2) is 19.9 Å². The molecule has 4 heterocycles. The monoisotopic (exact) mass is 634 g/mol. The summed E-state index contributed by atoms with van der Waals surface area (Å²) in [5.41, 5.74) is -0.387. The number of pyridine rings is 2. The summed E-state index contributed by atoms with van der Waals surface area (Å²) < 4.78 is 129. The molecule has 24 heteroatoms. The van der Waals surface area contributed by atoms with Crippen LogP contribution in [0.1, 0.15) is 0 Å². The molecular formula is C16H10N8O12S4. The first-order chi connectivity index (χ1) is 18.4. The van der Waals surface area contributed by atoms with Gasteiger partial charge in [-0.1, -0.05) is 12.1 Å². The van der Waals surface area contributed by atoms with Gasteiger partial charge in [0.1, 0.15) is 11.4 Å². The summed E-state index contributed by atoms with van der Waals surface area (Å²) in [6, 6.07) is 7.95. The SMILES string of the molecule is O=S(=O)(O)c1nnc(-c2cccc(-c3cccc(-c4nnc(S(=O)(=O)O)c(S(=O)(=O)O)n4)n3)n2)nc1S(=O)(=O)O. The molecule has 0 radical (unpaired) electrons. The Morgan fingerprint density at radius 1 is 0.400 bits per heavy atom. The lowest BCUT2D eigenvalue weighted by Gasteiger charge is -2.07. The lowest BCUT2D eigenvalue weighted by molar-refractivity contribution is 0.453. The standard InChI is InChI=1S/C16H10N8O12S4/c25-37(26,27)13-15(39(31,32)33)23-21-11(19-13)9-5-1-3-7(17-9)8-4-2-6-10(18-8)12-20-14(38(28,29)30)16(24-22-12)40(34,35)36/h1-6H,(H,25,26,27)(H,28,29,30)(H,31,32,33)(H,34,35,36). The molecule has 0 atom stereocenters. The van der Waals surface area contributed by atoms with Crippen LogP contribution < -0.4 is 0 Å². The van der Waals surface area contributed by atoms with E-state index >= 15 is 0 Å². The Morgan fingerprint density at radius 3 is 1.00 bits per heavy atom. The summed E-state index contributed by atoms with van der Waals surface area (Å²) in [6.07, 6.45) is 0. The highest BCUT2D eigenvalue weighted by Gasteiger charge is 2.31. The van der Waals surface area contributed by atoms with Crippen molar-refractivity contribution in [1.29, 1.82) is 0 Å². The molecule has 0 amide bonds. The van der Waals surface area contributed by atoms with E-state index in [9.17, 15) is 42.8 Å². The number of aromatic nitrogens is 8. The van der Waals surface area contributed by atoms with Crippen molar-refractivity contribution >= 4 is 40.5 Å². The van der Waals surface area contributed by atoms with Crippen molar-refractivity contribution in [2.45, 2.75) is 20.1 Å². The fraction of sp³-hybridized carbons (Fsp3) is 0. The van der Waals surface area contributed by atoms with Gasteiger partial charge in [-0.05, 0) is 24.3 Å². The number of hydrogen-bond acceptors (Lipinski definition) is 16. The van der Waals surface area contributed by atoms with E-state index in [1.165, 1.54) is 36.4 Å². The van der Waals surface area contributed by atoms with Gasteiger partial charge >= 0.3 is 40.5 Å². The van der Waals surface area contributed by atoms with Crippen LogP contribution in [0.25, 0.3) is 34.4 Å². The second-order valence-corrected chi connectivity index (χ2v) is 12.6. The molecule has 4 N–H and O–H groups in total. The smallest absolute Gasteiger partial charge is 0.281 e. The van der Waals surface area contributed by atoms with E-state index in [-0.39, 0.29) is 22.8 Å². The van der Waals surface area contributed by atoms with Crippen LogP contribution >= 0.6 is 0 Å². The third-order valence-electron chi connectivity index (χ3n) is 4.45. The van der Waals surface area contributed by atoms with Gasteiger partial charge < -0.3 is 0 Å². The summed E-state index contributed by atoms with van der Waals surface area (Å²) in [6.45, 7) is 0. The van der Waals surface area contributed by atoms with Crippen LogP contribution in [0.2, 0.25) is 0 Å². The van der Waals surface area contributed by atoms with Crippen molar-refractivity contribution in [3.8, 4) is 34.4 Å². The van der Waals surface area contributed by atoms with Crippen LogP contribution in [0.4, 0.5) is 0 Å². The molecule has 0 aliphatic carbocycles. The van der Waals surface area contributed by atoms with Crippen LogP contribution in [-0.2, 0) is 40.5 Å². The zero-order valence-corrected chi connectivity index (χ0v) is 22.0. The van der Waals surface area contributed by atoms with Crippen molar-refractivity contribution in [3.63, 3.8) is 0 Å². The molecule has 0 bridgehead atoms. The molecule has 0 saturated carbocycles. The minimum Gasteiger partial charge on any atom is -0.281 e. The van der Waals surface area contributed by atoms with Crippen molar-refractivity contribution in [3.05, 3.63) is 36.4 Å². The van der Waals surface area contributed by atoms with E-state index in [1.54, 1.807) is 0 Å². The maximum atomic E-state index is 11.6. The zero-order valence-electron chi connectivity index (χ0n) is 18.7. The summed E-state index contributed by atoms with van der Waals surface area (Å²) >= 11 is 0. The first kappa shape index (κ1) is 29.0. The zero-order chi connectivity index (χ0) is 29.7. The summed E-state index contributed by atoms with van der Waals surface area (Å²) in [5.74, 6) is -1.19. The largest absolute Gasteiger partial charge is 0.317 e. The minimum absolute atomic E-state index is 0.0210. The normalized spacial score (nSPS) is 12.8. The number of rotatable bonds is 7. The first-order valence-electron chi connectivity index (χ1n) is 9.70. The molecule has 20 nitrogen and oxygen atoms in total. The third kappa shape index (κ3) is 6.07. The van der Waals surface area contributed by atoms with Crippen LogP contribution in [0.5, 0.6) is 0 Å². The summed E-state index contributed by atoms with van der Waals surface area (Å²) in [7, 11) is -21.1. The molecule has 0 aliphatic rings. The summed E-state index contributed by atoms with van der Waals surface area (Å²) in [4.78, 5) is 15.2. The average molecular weight is 635 g/mol. The van der Waals surface area contributed by atoms with Gasteiger partial charge in [-0.3, -0.25) is 18.2 Å². The molecule has 210 valence electrons. The lowest BCUT2D eigenvalue weighted by atomic mass is 10.2. The predicted octanol–water partition coefficient (Wildman–Crippen LogP) is -1.17. The van der Waals surface area contributed by atoms with E-state index in [0.29, 0.717) is 0 Å². The Bertz CT molecular complexity index is 1970. The fourth-order valence-electron chi connectivity index (χ4n) is 2.88. The van der Waals surface area contributed by atoms with Crippen LogP contribution in [-0.4, -0.2) is 92.2 Å². The van der Waals surface area contributed by atoms with Crippen LogP contribution in [0.3, 0.4) is 0 Å². The van der Waals surface area contributed by atoms with E-state index in [0.717, 1.165) is 0 Å². The Balaban J connectivity index is 1.81. The first-order valence-corrected chi connectivity index (χ1v) is 15.5. The van der Waals surface area contributed by atoms with Crippen LogP contribution in [0, 0.1) is 0 Å². The number of nitrogens with zero attached hydrogens (tertiary/aromatic N) is 8. The van der Waals surface area contributed by atoms with Gasteiger partial charge in [-0.2, -0.15) is 33.7 Å². The molecule has 0 unspecified atom stereocenters. The minimum atomic E-state index is -5.30. The fourth-order valence-corrected chi connectivity index (χ4v) is 5.90. The van der Waals surface area contributed by atoms with Gasteiger partial charge in [0.2, 0.25) is 31.8 Å². The van der Waals surface area contributed by atoms with E-state index in [1.807, 2.05) is 0 Å². The van der Waals surface area contributed by atoms with E-state index in [4.69, 9.17) is 9.11 Å². The quantitative estimate of drug-likeness (QED) is 0.174. The van der Waals surface area contributed by atoms with Crippen molar-refractivity contribution in [1.82, 2.24) is 40.3 Å². The molecular weight excluding hydrogens is 624 g/mol. The average Bonchev–Trinajstić information content (AvgIpc) is 2.86. The third-order valence-corrected chi connectivity index (χ3v) is 7.78. The molecule has 4 rings (SSSR count). The van der Waals surface area contributed by atoms with E-state index in [2.05, 4.69) is 40.3 Å².